The first-order valence-corrected chi connectivity index (χ1v) is 6.78. The van der Waals surface area contributed by atoms with Crippen LogP contribution in [-0.2, 0) is 4.74 Å². The quantitative estimate of drug-likeness (QED) is 0.748. The highest BCUT2D eigenvalue weighted by Crippen LogP contribution is 2.43. The molecule has 0 unspecified atom stereocenters. The van der Waals surface area contributed by atoms with Gasteiger partial charge in [-0.05, 0) is 42.9 Å². The Bertz CT molecular complexity index is 509. The van der Waals surface area contributed by atoms with Gasteiger partial charge in [-0.3, -0.25) is 4.79 Å². The summed E-state index contributed by atoms with van der Waals surface area (Å²) >= 11 is 0. The molecule has 20 heavy (non-hydrogen) atoms. The van der Waals surface area contributed by atoms with Gasteiger partial charge in [0.2, 0.25) is 0 Å². The lowest BCUT2D eigenvalue weighted by molar-refractivity contribution is 0.0695. The van der Waals surface area contributed by atoms with E-state index in [9.17, 15) is 14.7 Å². The zero-order valence-corrected chi connectivity index (χ0v) is 11.5. The van der Waals surface area contributed by atoms with Crippen molar-refractivity contribution in [3.63, 3.8) is 0 Å². The second-order valence-electron chi connectivity index (χ2n) is 4.95. The summed E-state index contributed by atoms with van der Waals surface area (Å²) in [5, 5.41) is 12.1. The average molecular weight is 277 g/mol. The number of ether oxygens (including phenoxy) is 1. The predicted molar refractivity (Wildman–Crippen MR) is 74.2 cm³/mol. The molecule has 0 radical (unpaired) electrons. The van der Waals surface area contributed by atoms with Gasteiger partial charge in [-0.1, -0.05) is 6.07 Å². The number of hydrogen-bond donors (Lipinski definition) is 2. The first kappa shape index (κ1) is 14.5. The third-order valence-electron chi connectivity index (χ3n) is 3.38. The standard InChI is InChI=1S/C15H19NO4/c1-20-9-3-8-16-14(17)11-4-2-5-12(15(18)19)13(11)10-6-7-10/h2,4-5,10H,3,6-9H2,1H3,(H,16,17)(H,18,19). The lowest BCUT2D eigenvalue weighted by atomic mass is 9.96. The molecule has 0 aliphatic heterocycles. The van der Waals surface area contributed by atoms with Crippen molar-refractivity contribution in [2.45, 2.75) is 25.2 Å². The van der Waals surface area contributed by atoms with E-state index in [0.29, 0.717) is 24.3 Å². The van der Waals surface area contributed by atoms with Crippen molar-refractivity contribution in [1.29, 1.82) is 0 Å². The number of carboxylic acids is 1. The van der Waals surface area contributed by atoms with Crippen molar-refractivity contribution < 1.29 is 19.4 Å². The summed E-state index contributed by atoms with van der Waals surface area (Å²) in [5.41, 5.74) is 1.42. The van der Waals surface area contributed by atoms with Crippen LogP contribution in [0.4, 0.5) is 0 Å². The third kappa shape index (κ3) is 3.36. The second kappa shape index (κ2) is 6.52. The Kier molecular flexibility index (Phi) is 4.74. The Labute approximate surface area is 117 Å². The summed E-state index contributed by atoms with van der Waals surface area (Å²) in [6, 6.07) is 4.89. The van der Waals surface area contributed by atoms with Gasteiger partial charge in [0.1, 0.15) is 0 Å². The van der Waals surface area contributed by atoms with Crippen LogP contribution in [0.1, 0.15) is 51.5 Å². The Morgan fingerprint density at radius 3 is 2.65 bits per heavy atom. The van der Waals surface area contributed by atoms with E-state index in [2.05, 4.69) is 5.32 Å². The first-order chi connectivity index (χ1) is 9.65. The summed E-state index contributed by atoms with van der Waals surface area (Å²) in [6.45, 7) is 1.11. The van der Waals surface area contributed by atoms with Gasteiger partial charge in [0.05, 0.1) is 5.56 Å². The molecular weight excluding hydrogens is 258 g/mol. The number of amides is 1. The van der Waals surface area contributed by atoms with Crippen LogP contribution in [0.5, 0.6) is 0 Å². The molecule has 0 spiro atoms. The van der Waals surface area contributed by atoms with Crippen LogP contribution >= 0.6 is 0 Å². The molecule has 1 aliphatic carbocycles. The van der Waals surface area contributed by atoms with Crippen molar-refractivity contribution in [2.75, 3.05) is 20.3 Å². The number of rotatable bonds is 7. The van der Waals surface area contributed by atoms with Gasteiger partial charge in [0, 0.05) is 25.8 Å². The maximum absolute atomic E-state index is 12.2. The Hall–Kier alpha value is -1.88. The van der Waals surface area contributed by atoms with Gasteiger partial charge >= 0.3 is 5.97 Å². The minimum atomic E-state index is -0.971. The van der Waals surface area contributed by atoms with Crippen molar-refractivity contribution in [2.24, 2.45) is 0 Å². The molecule has 1 aromatic rings. The molecule has 0 atom stereocenters. The minimum absolute atomic E-state index is 0.203. The molecule has 1 fully saturated rings. The summed E-state index contributed by atoms with van der Waals surface area (Å²) in [6.07, 6.45) is 2.64. The summed E-state index contributed by atoms with van der Waals surface area (Å²) < 4.78 is 4.92. The molecule has 2 rings (SSSR count). The normalized spacial score (nSPS) is 14.1. The molecule has 5 nitrogen and oxygen atoms in total. The molecule has 2 N–H and O–H groups in total. The fraction of sp³-hybridized carbons (Fsp3) is 0.467. The van der Waals surface area contributed by atoms with E-state index < -0.39 is 5.97 Å². The number of carbonyl (C=O) groups is 2. The largest absolute Gasteiger partial charge is 0.478 e. The fourth-order valence-electron chi connectivity index (χ4n) is 2.28. The lowest BCUT2D eigenvalue weighted by Gasteiger charge is -2.12. The monoisotopic (exact) mass is 277 g/mol. The number of methoxy groups -OCH3 is 1. The van der Waals surface area contributed by atoms with Gasteiger partial charge in [-0.15, -0.1) is 0 Å². The van der Waals surface area contributed by atoms with E-state index in [4.69, 9.17) is 4.74 Å². The highest BCUT2D eigenvalue weighted by Gasteiger charge is 2.32. The summed E-state index contributed by atoms with van der Waals surface area (Å²) in [7, 11) is 1.61. The second-order valence-corrected chi connectivity index (χ2v) is 4.95. The molecule has 0 bridgehead atoms. The van der Waals surface area contributed by atoms with E-state index in [1.54, 1.807) is 25.3 Å². The van der Waals surface area contributed by atoms with E-state index >= 15 is 0 Å². The molecule has 108 valence electrons. The van der Waals surface area contributed by atoms with Crippen LogP contribution in [0.15, 0.2) is 18.2 Å². The highest BCUT2D eigenvalue weighted by molar-refractivity contribution is 6.00. The van der Waals surface area contributed by atoms with Crippen LogP contribution < -0.4 is 5.32 Å². The molecule has 0 heterocycles. The Balaban J connectivity index is 2.16. The number of carboxylic acid groups (broad SMARTS) is 1. The fourth-order valence-corrected chi connectivity index (χ4v) is 2.28. The number of aromatic carboxylic acids is 1. The number of hydrogen-bond acceptors (Lipinski definition) is 3. The van der Waals surface area contributed by atoms with Gasteiger partial charge in [0.15, 0.2) is 0 Å². The number of carbonyl (C=O) groups excluding carboxylic acids is 1. The van der Waals surface area contributed by atoms with E-state index in [1.165, 1.54) is 0 Å². The lowest BCUT2D eigenvalue weighted by Crippen LogP contribution is -2.26. The maximum Gasteiger partial charge on any atom is 0.335 e. The van der Waals surface area contributed by atoms with Crippen LogP contribution in [0.25, 0.3) is 0 Å². The molecule has 1 aliphatic rings. The van der Waals surface area contributed by atoms with E-state index in [1.807, 2.05) is 0 Å². The van der Waals surface area contributed by atoms with Crippen molar-refractivity contribution in [3.05, 3.63) is 34.9 Å². The predicted octanol–water partition coefficient (Wildman–Crippen LogP) is 2.03. The molecule has 0 saturated heterocycles. The Morgan fingerprint density at radius 1 is 1.35 bits per heavy atom. The van der Waals surface area contributed by atoms with Crippen LogP contribution in [0.2, 0.25) is 0 Å². The summed E-state index contributed by atoms with van der Waals surface area (Å²) in [4.78, 5) is 23.5. The van der Waals surface area contributed by atoms with Crippen molar-refractivity contribution >= 4 is 11.9 Å². The van der Waals surface area contributed by atoms with Gasteiger partial charge in [0.25, 0.3) is 5.91 Å². The van der Waals surface area contributed by atoms with Crippen molar-refractivity contribution in [3.8, 4) is 0 Å². The molecule has 1 aromatic carbocycles. The van der Waals surface area contributed by atoms with Gasteiger partial charge < -0.3 is 15.2 Å². The topological polar surface area (TPSA) is 75.6 Å². The highest BCUT2D eigenvalue weighted by atomic mass is 16.5. The zero-order chi connectivity index (χ0) is 14.5. The molecule has 1 amide bonds. The van der Waals surface area contributed by atoms with Gasteiger partial charge in [-0.2, -0.15) is 0 Å². The van der Waals surface area contributed by atoms with Crippen LogP contribution in [0.3, 0.4) is 0 Å². The van der Waals surface area contributed by atoms with Crippen molar-refractivity contribution in [1.82, 2.24) is 5.32 Å². The smallest absolute Gasteiger partial charge is 0.335 e. The molecule has 5 heteroatoms. The number of benzene rings is 1. The zero-order valence-electron chi connectivity index (χ0n) is 11.5. The maximum atomic E-state index is 12.2. The minimum Gasteiger partial charge on any atom is -0.478 e. The molecule has 0 aromatic heterocycles. The first-order valence-electron chi connectivity index (χ1n) is 6.78. The number of nitrogens with one attached hydrogen (secondary N) is 1. The van der Waals surface area contributed by atoms with Crippen LogP contribution in [0, 0.1) is 0 Å². The average Bonchev–Trinajstić information content (AvgIpc) is 3.27. The van der Waals surface area contributed by atoms with E-state index in [-0.39, 0.29) is 17.4 Å². The molecular formula is C15H19NO4. The third-order valence-corrected chi connectivity index (χ3v) is 3.38. The SMILES string of the molecule is COCCCNC(=O)c1cccc(C(=O)O)c1C1CC1. The summed E-state index contributed by atoms with van der Waals surface area (Å²) in [5.74, 6) is -0.964. The molecule has 1 saturated carbocycles. The van der Waals surface area contributed by atoms with Crippen LogP contribution in [-0.4, -0.2) is 37.2 Å². The Morgan fingerprint density at radius 2 is 2.05 bits per heavy atom. The van der Waals surface area contributed by atoms with Gasteiger partial charge in [-0.25, -0.2) is 4.79 Å². The van der Waals surface area contributed by atoms with E-state index in [0.717, 1.165) is 19.3 Å².